The molecule has 0 amide bonds. The van der Waals surface area contributed by atoms with E-state index in [0.29, 0.717) is 18.6 Å². The smallest absolute Gasteiger partial charge is 0.244 e. The molecule has 0 heterocycles. The van der Waals surface area contributed by atoms with Gasteiger partial charge in [0.05, 0.1) is 0 Å². The second-order valence-electron chi connectivity index (χ2n) is 5.97. The highest BCUT2D eigenvalue weighted by Gasteiger charge is 2.30. The van der Waals surface area contributed by atoms with Gasteiger partial charge >= 0.3 is 0 Å². The predicted molar refractivity (Wildman–Crippen MR) is 83.6 cm³/mol. The first kappa shape index (κ1) is 14.7. The van der Waals surface area contributed by atoms with E-state index in [2.05, 4.69) is 24.7 Å². The molecule has 1 aliphatic rings. The molecule has 0 atom stereocenters. The van der Waals surface area contributed by atoms with E-state index in [1.54, 1.807) is 0 Å². The summed E-state index contributed by atoms with van der Waals surface area (Å²) in [5.74, 6) is -0.714. The normalized spacial score (nSPS) is 18.4. The zero-order chi connectivity index (χ0) is 14.8. The summed E-state index contributed by atoms with van der Waals surface area (Å²) in [7, 11) is -1.78. The molecule has 0 radical (unpaired) electrons. The predicted octanol–water partition coefficient (Wildman–Crippen LogP) is 3.01. The Morgan fingerprint density at radius 2 is 1.70 bits per heavy atom. The van der Waals surface area contributed by atoms with Gasteiger partial charge in [-0.1, -0.05) is 18.2 Å². The summed E-state index contributed by atoms with van der Waals surface area (Å²) in [6.45, 7) is 6.50. The van der Waals surface area contributed by atoms with Crippen LogP contribution in [0.1, 0.15) is 19.3 Å². The van der Waals surface area contributed by atoms with E-state index in [1.165, 1.54) is 0 Å². The van der Waals surface area contributed by atoms with E-state index in [1.807, 2.05) is 35.0 Å². The third-order valence-corrected chi connectivity index (χ3v) is 4.82. The summed E-state index contributed by atoms with van der Waals surface area (Å²) in [4.78, 5) is 23.5. The van der Waals surface area contributed by atoms with Crippen molar-refractivity contribution < 1.29 is 9.59 Å². The lowest BCUT2D eigenvalue weighted by molar-refractivity contribution is -0.133. The molecule has 106 valence electrons. The van der Waals surface area contributed by atoms with Crippen molar-refractivity contribution >= 4 is 31.2 Å². The second kappa shape index (κ2) is 5.71. The van der Waals surface area contributed by atoms with Gasteiger partial charge in [0.15, 0.2) is 8.24 Å². The highest BCUT2D eigenvalue weighted by atomic mass is 28.3. The topological polar surface area (TPSA) is 49.7 Å². The van der Waals surface area contributed by atoms with Crippen LogP contribution in [0.2, 0.25) is 19.6 Å². The molecular weight excluding hydrogens is 268 g/mol. The molecule has 1 saturated carbocycles. The van der Waals surface area contributed by atoms with Gasteiger partial charge < -0.3 is 0 Å². The number of para-hydroxylation sites is 1. The summed E-state index contributed by atoms with van der Waals surface area (Å²) in [5.41, 5.74) is 1.39. The van der Waals surface area contributed by atoms with Gasteiger partial charge in [0, 0.05) is 12.1 Å². The number of Topliss-reactive ketones (excluding diaryl/α,β-unsaturated/α-hetero) is 2. The van der Waals surface area contributed by atoms with E-state index in [4.69, 9.17) is 0 Å². The number of rotatable bonds is 3. The summed E-state index contributed by atoms with van der Waals surface area (Å²) >= 11 is 0. The molecular formula is C15H20N2O2Si. The summed E-state index contributed by atoms with van der Waals surface area (Å²) < 4.78 is 1.96. The van der Waals surface area contributed by atoms with Crippen molar-refractivity contribution in [2.45, 2.75) is 38.9 Å². The van der Waals surface area contributed by atoms with Crippen molar-refractivity contribution in [3.8, 4) is 0 Å². The Labute approximate surface area is 120 Å². The molecule has 5 heteroatoms. The van der Waals surface area contributed by atoms with E-state index in [-0.39, 0.29) is 5.78 Å². The van der Waals surface area contributed by atoms with Gasteiger partial charge in [0.25, 0.3) is 0 Å². The molecule has 0 spiro atoms. The van der Waals surface area contributed by atoms with Crippen molar-refractivity contribution in [1.29, 1.82) is 0 Å². The number of hydrazone groups is 1. The van der Waals surface area contributed by atoms with Gasteiger partial charge in [-0.15, -0.1) is 0 Å². The SMILES string of the molecule is C[Si](C)(C)N(/N=C1/CCCC(=O)C1=O)c1ccccc1. The maximum absolute atomic E-state index is 11.9. The first-order valence-corrected chi connectivity index (χ1v) is 10.3. The standard InChI is InChI=1S/C15H20N2O2Si/c1-20(2,3)17(12-8-5-4-6-9-12)16-13-10-7-11-14(18)15(13)19/h4-6,8-9H,7,10-11H2,1-3H3/b16-13-. The molecule has 1 aliphatic carbocycles. The Morgan fingerprint density at radius 3 is 2.30 bits per heavy atom. The Bertz CT molecular complexity index is 547. The highest BCUT2D eigenvalue weighted by molar-refractivity contribution is 6.80. The third-order valence-electron chi connectivity index (χ3n) is 3.19. The largest absolute Gasteiger partial charge is 0.295 e. The number of ketones is 2. The molecule has 0 saturated heterocycles. The molecule has 0 aliphatic heterocycles. The number of hydrogen-bond acceptors (Lipinski definition) is 4. The van der Waals surface area contributed by atoms with Crippen molar-refractivity contribution in [2.24, 2.45) is 5.10 Å². The monoisotopic (exact) mass is 288 g/mol. The molecule has 1 aromatic carbocycles. The lowest BCUT2D eigenvalue weighted by atomic mass is 9.96. The van der Waals surface area contributed by atoms with Crippen LogP contribution in [-0.2, 0) is 9.59 Å². The van der Waals surface area contributed by atoms with Crippen molar-refractivity contribution in [3.63, 3.8) is 0 Å². The van der Waals surface area contributed by atoms with Crippen LogP contribution in [0.3, 0.4) is 0 Å². The van der Waals surface area contributed by atoms with Crippen LogP contribution in [0.5, 0.6) is 0 Å². The summed E-state index contributed by atoms with van der Waals surface area (Å²) in [6, 6.07) is 9.83. The van der Waals surface area contributed by atoms with Gasteiger partial charge in [0.1, 0.15) is 5.71 Å². The highest BCUT2D eigenvalue weighted by Crippen LogP contribution is 2.23. The van der Waals surface area contributed by atoms with Crippen LogP contribution in [0.25, 0.3) is 0 Å². The van der Waals surface area contributed by atoms with Gasteiger partial charge in [0.2, 0.25) is 11.6 Å². The number of nitrogens with zero attached hydrogens (tertiary/aromatic N) is 2. The number of carbonyl (C=O) groups is 2. The third kappa shape index (κ3) is 3.22. The molecule has 20 heavy (non-hydrogen) atoms. The number of benzene rings is 1. The number of anilines is 1. The van der Waals surface area contributed by atoms with Crippen LogP contribution in [0.4, 0.5) is 5.69 Å². The Kier molecular flexibility index (Phi) is 4.18. The van der Waals surface area contributed by atoms with E-state index in [0.717, 1.165) is 12.1 Å². The number of carbonyl (C=O) groups excluding carboxylic acids is 2. The Balaban J connectivity index is 2.38. The molecule has 0 aromatic heterocycles. The molecule has 1 fully saturated rings. The minimum atomic E-state index is -1.78. The van der Waals surface area contributed by atoms with Crippen LogP contribution in [0, 0.1) is 0 Å². The summed E-state index contributed by atoms with van der Waals surface area (Å²) in [6.07, 6.45) is 1.67. The van der Waals surface area contributed by atoms with E-state index >= 15 is 0 Å². The molecule has 2 rings (SSSR count). The van der Waals surface area contributed by atoms with Gasteiger partial charge in [-0.3, -0.25) is 14.3 Å². The molecule has 0 unspecified atom stereocenters. The lowest BCUT2D eigenvalue weighted by Gasteiger charge is -2.32. The first-order valence-electron chi connectivity index (χ1n) is 6.90. The minimum absolute atomic E-state index is 0.307. The zero-order valence-corrected chi connectivity index (χ0v) is 13.2. The van der Waals surface area contributed by atoms with E-state index in [9.17, 15) is 9.59 Å². The van der Waals surface area contributed by atoms with Crippen molar-refractivity contribution in [3.05, 3.63) is 30.3 Å². The fraction of sp³-hybridized carbons (Fsp3) is 0.400. The van der Waals surface area contributed by atoms with Crippen LogP contribution in [-0.4, -0.2) is 25.5 Å². The average molecular weight is 288 g/mol. The Morgan fingerprint density at radius 1 is 1.05 bits per heavy atom. The van der Waals surface area contributed by atoms with E-state index < -0.39 is 14.0 Å². The maximum Gasteiger partial charge on any atom is 0.244 e. The zero-order valence-electron chi connectivity index (χ0n) is 12.2. The van der Waals surface area contributed by atoms with Gasteiger partial charge in [-0.25, -0.2) is 0 Å². The molecule has 1 aromatic rings. The quantitative estimate of drug-likeness (QED) is 0.488. The van der Waals surface area contributed by atoms with Crippen molar-refractivity contribution in [2.75, 3.05) is 4.67 Å². The fourth-order valence-corrected chi connectivity index (χ4v) is 3.53. The average Bonchev–Trinajstić information content (AvgIpc) is 2.40. The molecule has 4 nitrogen and oxygen atoms in total. The van der Waals surface area contributed by atoms with Crippen molar-refractivity contribution in [1.82, 2.24) is 0 Å². The second-order valence-corrected chi connectivity index (χ2v) is 10.7. The minimum Gasteiger partial charge on any atom is -0.295 e. The maximum atomic E-state index is 11.9. The first-order chi connectivity index (χ1) is 9.39. The van der Waals surface area contributed by atoms with Crippen LogP contribution >= 0.6 is 0 Å². The summed E-state index contributed by atoms with van der Waals surface area (Å²) in [5, 5.41) is 4.55. The lowest BCUT2D eigenvalue weighted by Crippen LogP contribution is -2.44. The number of hydrogen-bond donors (Lipinski definition) is 0. The van der Waals surface area contributed by atoms with Gasteiger partial charge in [-0.05, 0) is 44.6 Å². The van der Waals surface area contributed by atoms with Crippen LogP contribution in [0.15, 0.2) is 35.4 Å². The molecule has 0 bridgehead atoms. The van der Waals surface area contributed by atoms with Gasteiger partial charge in [-0.2, -0.15) is 5.10 Å². The fourth-order valence-electron chi connectivity index (χ4n) is 2.18. The Hall–Kier alpha value is -1.75. The molecule has 0 N–H and O–H groups in total. The van der Waals surface area contributed by atoms with Crippen LogP contribution < -0.4 is 4.67 Å².